The topological polar surface area (TPSA) is 57.6 Å². The third-order valence-electron chi connectivity index (χ3n) is 4.14. The minimum Gasteiger partial charge on any atom is -0.393 e. The molecular weight excluding hydrogens is 262 g/mol. The van der Waals surface area contributed by atoms with Gasteiger partial charge in [-0.25, -0.2) is 8.42 Å². The first-order chi connectivity index (χ1) is 8.81. The second-order valence-corrected chi connectivity index (χ2v) is 8.45. The van der Waals surface area contributed by atoms with Crippen LogP contribution in [0, 0.1) is 11.8 Å². The number of aliphatic hydroxyl groups is 1. The average Bonchev–Trinajstić information content (AvgIpc) is 2.30. The molecule has 0 spiro atoms. The molecule has 1 N–H and O–H groups in total. The molecule has 0 radical (unpaired) electrons. The molecular formula is C14H29NO3S. The number of hydrogen-bond donors (Lipinski definition) is 1. The van der Waals surface area contributed by atoms with E-state index in [9.17, 15) is 13.5 Å². The quantitative estimate of drug-likeness (QED) is 0.773. The van der Waals surface area contributed by atoms with Gasteiger partial charge < -0.3 is 10.0 Å². The van der Waals surface area contributed by atoms with Crippen LogP contribution in [0.4, 0.5) is 0 Å². The lowest BCUT2D eigenvalue weighted by atomic mass is 9.77. The summed E-state index contributed by atoms with van der Waals surface area (Å²) in [5.74, 6) is 1.24. The van der Waals surface area contributed by atoms with Gasteiger partial charge in [0, 0.05) is 19.3 Å². The molecule has 0 aliphatic heterocycles. The van der Waals surface area contributed by atoms with Crippen molar-refractivity contribution in [2.75, 3.05) is 32.1 Å². The molecule has 1 saturated carbocycles. The number of rotatable bonds is 7. The van der Waals surface area contributed by atoms with Crippen LogP contribution in [-0.2, 0) is 9.84 Å². The van der Waals surface area contributed by atoms with Gasteiger partial charge in [-0.15, -0.1) is 0 Å². The van der Waals surface area contributed by atoms with Gasteiger partial charge in [-0.3, -0.25) is 0 Å². The highest BCUT2D eigenvalue weighted by Crippen LogP contribution is 2.32. The molecule has 0 amide bonds. The zero-order chi connectivity index (χ0) is 14.5. The predicted octanol–water partition coefficient (Wildman–Crippen LogP) is 1.54. The van der Waals surface area contributed by atoms with E-state index >= 15 is 0 Å². The summed E-state index contributed by atoms with van der Waals surface area (Å²) in [7, 11) is -0.951. The first-order valence-corrected chi connectivity index (χ1v) is 9.42. The number of sulfone groups is 1. The van der Waals surface area contributed by atoms with Gasteiger partial charge in [0.15, 0.2) is 0 Å². The largest absolute Gasteiger partial charge is 0.393 e. The number of nitrogens with zero attached hydrogens (tertiary/aromatic N) is 1. The molecule has 114 valence electrons. The van der Waals surface area contributed by atoms with E-state index < -0.39 is 9.84 Å². The Hall–Kier alpha value is -0.130. The van der Waals surface area contributed by atoms with Crippen molar-refractivity contribution in [3.05, 3.63) is 0 Å². The van der Waals surface area contributed by atoms with Crippen molar-refractivity contribution in [1.29, 1.82) is 0 Å². The van der Waals surface area contributed by atoms with Crippen LogP contribution in [0.2, 0.25) is 0 Å². The fourth-order valence-electron chi connectivity index (χ4n) is 3.03. The Kier molecular flexibility index (Phi) is 6.77. The highest BCUT2D eigenvalue weighted by molar-refractivity contribution is 7.90. The van der Waals surface area contributed by atoms with Crippen molar-refractivity contribution >= 4 is 9.84 Å². The second-order valence-electron chi connectivity index (χ2n) is 6.19. The van der Waals surface area contributed by atoms with Gasteiger partial charge in [0.1, 0.15) is 9.84 Å². The van der Waals surface area contributed by atoms with E-state index in [0.29, 0.717) is 12.5 Å². The van der Waals surface area contributed by atoms with E-state index in [1.807, 2.05) is 11.9 Å². The normalized spacial score (nSPS) is 28.8. The summed E-state index contributed by atoms with van der Waals surface area (Å²) in [4.78, 5) is 2.04. The number of aliphatic hydroxyl groups excluding tert-OH is 1. The molecule has 1 fully saturated rings. The van der Waals surface area contributed by atoms with Crippen molar-refractivity contribution in [2.45, 2.75) is 45.1 Å². The van der Waals surface area contributed by atoms with Crippen molar-refractivity contribution in [3.8, 4) is 0 Å². The Morgan fingerprint density at radius 1 is 1.32 bits per heavy atom. The molecule has 0 saturated heterocycles. The monoisotopic (exact) mass is 291 g/mol. The van der Waals surface area contributed by atoms with Crippen LogP contribution in [0.1, 0.15) is 39.0 Å². The summed E-state index contributed by atoms with van der Waals surface area (Å²) in [6.07, 6.45) is 6.63. The summed E-state index contributed by atoms with van der Waals surface area (Å²) in [6.45, 7) is 3.57. The molecule has 19 heavy (non-hydrogen) atoms. The Morgan fingerprint density at radius 2 is 2.00 bits per heavy atom. The van der Waals surface area contributed by atoms with Crippen LogP contribution in [0.5, 0.6) is 0 Å². The molecule has 4 nitrogen and oxygen atoms in total. The molecule has 5 heteroatoms. The van der Waals surface area contributed by atoms with Crippen molar-refractivity contribution in [2.24, 2.45) is 11.8 Å². The van der Waals surface area contributed by atoms with Crippen LogP contribution in [0.3, 0.4) is 0 Å². The van der Waals surface area contributed by atoms with E-state index in [2.05, 4.69) is 6.92 Å². The molecule has 3 unspecified atom stereocenters. The zero-order valence-electron chi connectivity index (χ0n) is 12.5. The highest BCUT2D eigenvalue weighted by Gasteiger charge is 2.29. The van der Waals surface area contributed by atoms with E-state index in [1.165, 1.54) is 19.1 Å². The maximum atomic E-state index is 11.2. The minimum atomic E-state index is -2.90. The molecule has 0 aromatic heterocycles. The molecule has 3 atom stereocenters. The smallest absolute Gasteiger partial charge is 0.148 e. The zero-order valence-corrected chi connectivity index (χ0v) is 13.3. The second kappa shape index (κ2) is 7.60. The molecule has 0 aromatic rings. The van der Waals surface area contributed by atoms with E-state index in [0.717, 1.165) is 31.7 Å². The van der Waals surface area contributed by atoms with Gasteiger partial charge in [-0.2, -0.15) is 0 Å². The van der Waals surface area contributed by atoms with Gasteiger partial charge in [0.05, 0.1) is 11.9 Å². The van der Waals surface area contributed by atoms with Crippen molar-refractivity contribution in [3.63, 3.8) is 0 Å². The summed E-state index contributed by atoms with van der Waals surface area (Å²) in [5.41, 5.74) is 0. The van der Waals surface area contributed by atoms with Crippen LogP contribution >= 0.6 is 0 Å². The molecule has 0 heterocycles. The van der Waals surface area contributed by atoms with E-state index in [-0.39, 0.29) is 11.9 Å². The van der Waals surface area contributed by atoms with Gasteiger partial charge in [0.2, 0.25) is 0 Å². The van der Waals surface area contributed by atoms with Crippen LogP contribution in [0.25, 0.3) is 0 Å². The maximum Gasteiger partial charge on any atom is 0.148 e. The average molecular weight is 291 g/mol. The molecule has 0 aromatic carbocycles. The lowest BCUT2D eigenvalue weighted by molar-refractivity contribution is 0.0308. The van der Waals surface area contributed by atoms with Crippen molar-refractivity contribution in [1.82, 2.24) is 4.90 Å². The molecule has 1 aliphatic carbocycles. The Bertz CT molecular complexity index is 356. The third kappa shape index (κ3) is 6.72. The van der Waals surface area contributed by atoms with Gasteiger partial charge >= 0.3 is 0 Å². The van der Waals surface area contributed by atoms with Gasteiger partial charge in [-0.05, 0) is 38.1 Å². The standard InChI is InChI=1S/C14H29NO3S/c1-4-5-12-6-7-14(16)13(10-12)11-15(2)8-9-19(3,17)18/h12-14,16H,4-11H2,1-3H3. The summed E-state index contributed by atoms with van der Waals surface area (Å²) < 4.78 is 22.3. The van der Waals surface area contributed by atoms with Crippen LogP contribution in [-0.4, -0.2) is 56.7 Å². The fourth-order valence-corrected chi connectivity index (χ4v) is 3.67. The Balaban J connectivity index is 2.40. The third-order valence-corrected chi connectivity index (χ3v) is 5.06. The fraction of sp³-hybridized carbons (Fsp3) is 1.00. The highest BCUT2D eigenvalue weighted by atomic mass is 32.2. The van der Waals surface area contributed by atoms with Crippen molar-refractivity contribution < 1.29 is 13.5 Å². The Labute approximate surface area is 118 Å². The lowest BCUT2D eigenvalue weighted by Gasteiger charge is -2.35. The first-order valence-electron chi connectivity index (χ1n) is 7.36. The maximum absolute atomic E-state index is 11.2. The lowest BCUT2D eigenvalue weighted by Crippen LogP contribution is -2.38. The molecule has 1 aliphatic rings. The van der Waals surface area contributed by atoms with Gasteiger partial charge in [0.25, 0.3) is 0 Å². The number of hydrogen-bond acceptors (Lipinski definition) is 4. The predicted molar refractivity (Wildman–Crippen MR) is 79.0 cm³/mol. The summed E-state index contributed by atoms with van der Waals surface area (Å²) >= 11 is 0. The van der Waals surface area contributed by atoms with Crippen LogP contribution < -0.4 is 0 Å². The Morgan fingerprint density at radius 3 is 2.58 bits per heavy atom. The SMILES string of the molecule is CCCC1CCC(O)C(CN(C)CCS(C)(=O)=O)C1. The van der Waals surface area contributed by atoms with E-state index in [4.69, 9.17) is 0 Å². The summed E-state index contributed by atoms with van der Waals surface area (Å²) in [5, 5.41) is 10.1. The minimum absolute atomic E-state index is 0.199. The van der Waals surface area contributed by atoms with Gasteiger partial charge in [-0.1, -0.05) is 19.8 Å². The summed E-state index contributed by atoms with van der Waals surface area (Å²) in [6, 6.07) is 0. The molecule has 1 rings (SSSR count). The first kappa shape index (κ1) is 16.9. The van der Waals surface area contributed by atoms with E-state index in [1.54, 1.807) is 0 Å². The molecule has 0 bridgehead atoms. The van der Waals surface area contributed by atoms with Crippen LogP contribution in [0.15, 0.2) is 0 Å².